The van der Waals surface area contributed by atoms with Gasteiger partial charge < -0.3 is 15.7 Å². The molecule has 2 rings (SSSR count). The van der Waals surface area contributed by atoms with Gasteiger partial charge in [0.2, 0.25) is 5.91 Å². The monoisotopic (exact) mass is 248 g/mol. The molecule has 0 aromatic heterocycles. The maximum absolute atomic E-state index is 12.0. The Morgan fingerprint density at radius 3 is 2.78 bits per heavy atom. The van der Waals surface area contributed by atoms with Crippen LogP contribution in [0, 0.1) is 0 Å². The van der Waals surface area contributed by atoms with E-state index in [1.165, 1.54) is 6.07 Å². The average Bonchev–Trinajstić information content (AvgIpc) is 2.36. The number of anilines is 1. The molecule has 0 fully saturated rings. The van der Waals surface area contributed by atoms with Crippen LogP contribution in [-0.4, -0.2) is 29.6 Å². The molecule has 3 N–H and O–H groups in total. The van der Waals surface area contributed by atoms with Gasteiger partial charge in [-0.2, -0.15) is 0 Å². The molecule has 1 heterocycles. The molecule has 0 saturated carbocycles. The number of hydrogen-bond acceptors (Lipinski definition) is 3. The molecule has 1 aliphatic heterocycles. The number of amides is 1. The first-order valence-corrected chi connectivity index (χ1v) is 5.94. The molecule has 1 aromatic carbocycles. The van der Waals surface area contributed by atoms with Crippen molar-refractivity contribution in [3.63, 3.8) is 0 Å². The van der Waals surface area contributed by atoms with Crippen LogP contribution in [0.2, 0.25) is 0 Å². The number of benzene rings is 1. The smallest absolute Gasteiger partial charge is 0.335 e. The second kappa shape index (κ2) is 4.78. The molecule has 0 radical (unpaired) electrons. The third-order valence-corrected chi connectivity index (χ3v) is 3.10. The van der Waals surface area contributed by atoms with E-state index in [4.69, 9.17) is 10.8 Å². The molecular formula is C13H16N2O3. The number of carbonyl (C=O) groups excluding carboxylic acids is 1. The van der Waals surface area contributed by atoms with Crippen molar-refractivity contribution in [1.29, 1.82) is 0 Å². The zero-order chi connectivity index (χ0) is 13.3. The minimum absolute atomic E-state index is 0.126. The third-order valence-electron chi connectivity index (χ3n) is 3.10. The minimum Gasteiger partial charge on any atom is -0.478 e. The predicted molar refractivity (Wildman–Crippen MR) is 67.7 cm³/mol. The normalized spacial score (nSPS) is 16.0. The van der Waals surface area contributed by atoms with E-state index >= 15 is 0 Å². The van der Waals surface area contributed by atoms with Crippen LogP contribution in [0.4, 0.5) is 5.69 Å². The van der Waals surface area contributed by atoms with Crippen LogP contribution in [0.25, 0.3) is 0 Å². The lowest BCUT2D eigenvalue weighted by Gasteiger charge is -2.30. The Kier molecular flexibility index (Phi) is 3.34. The standard InChI is InChI=1S/C13H16N2O3/c1-8(14)12(16)15-6-2-3-9-7-10(13(17)18)4-5-11(9)15/h4-5,7-8H,2-3,6,14H2,1H3,(H,17,18)/t8-/m1/s1. The summed E-state index contributed by atoms with van der Waals surface area (Å²) in [4.78, 5) is 24.5. The van der Waals surface area contributed by atoms with Gasteiger partial charge in [-0.15, -0.1) is 0 Å². The number of nitrogens with zero attached hydrogens (tertiary/aromatic N) is 1. The molecule has 0 bridgehead atoms. The summed E-state index contributed by atoms with van der Waals surface area (Å²) < 4.78 is 0. The number of carboxylic acids is 1. The molecular weight excluding hydrogens is 232 g/mol. The maximum atomic E-state index is 12.0. The molecule has 0 unspecified atom stereocenters. The molecule has 1 amide bonds. The highest BCUT2D eigenvalue weighted by molar-refractivity contribution is 5.98. The molecule has 18 heavy (non-hydrogen) atoms. The Hall–Kier alpha value is -1.88. The van der Waals surface area contributed by atoms with E-state index in [0.29, 0.717) is 6.54 Å². The summed E-state index contributed by atoms with van der Waals surface area (Å²) in [6.07, 6.45) is 1.62. The van der Waals surface area contributed by atoms with Crippen molar-refractivity contribution in [1.82, 2.24) is 0 Å². The SMILES string of the molecule is C[C@@H](N)C(=O)N1CCCc2cc(C(=O)O)ccc21. The number of rotatable bonds is 2. The summed E-state index contributed by atoms with van der Waals surface area (Å²) >= 11 is 0. The molecule has 5 heteroatoms. The predicted octanol–water partition coefficient (Wildman–Crippen LogP) is 1.01. The molecule has 96 valence electrons. The average molecular weight is 248 g/mol. The number of fused-ring (bicyclic) bond motifs is 1. The van der Waals surface area contributed by atoms with Crippen LogP contribution in [0.3, 0.4) is 0 Å². The summed E-state index contributed by atoms with van der Waals surface area (Å²) in [7, 11) is 0. The Bertz CT molecular complexity index is 497. The second-order valence-corrected chi connectivity index (χ2v) is 4.53. The third kappa shape index (κ3) is 2.22. The number of aryl methyl sites for hydroxylation is 1. The fraction of sp³-hybridized carbons (Fsp3) is 0.385. The fourth-order valence-corrected chi connectivity index (χ4v) is 2.20. The first-order chi connectivity index (χ1) is 8.50. The fourth-order valence-electron chi connectivity index (χ4n) is 2.20. The zero-order valence-electron chi connectivity index (χ0n) is 10.2. The lowest BCUT2D eigenvalue weighted by atomic mass is 9.98. The van der Waals surface area contributed by atoms with Crippen molar-refractivity contribution in [2.75, 3.05) is 11.4 Å². The summed E-state index contributed by atoms with van der Waals surface area (Å²) in [6, 6.07) is 4.31. The largest absolute Gasteiger partial charge is 0.478 e. The molecule has 1 aliphatic rings. The Labute approximate surface area is 105 Å². The quantitative estimate of drug-likeness (QED) is 0.818. The highest BCUT2D eigenvalue weighted by Gasteiger charge is 2.25. The first kappa shape index (κ1) is 12.6. The van der Waals surface area contributed by atoms with E-state index in [1.54, 1.807) is 24.0 Å². The van der Waals surface area contributed by atoms with Crippen LogP contribution < -0.4 is 10.6 Å². The van der Waals surface area contributed by atoms with Crippen molar-refractivity contribution in [2.45, 2.75) is 25.8 Å². The van der Waals surface area contributed by atoms with Crippen LogP contribution in [0.1, 0.15) is 29.3 Å². The van der Waals surface area contributed by atoms with Crippen LogP contribution >= 0.6 is 0 Å². The molecule has 0 saturated heterocycles. The summed E-state index contributed by atoms with van der Waals surface area (Å²) in [5.74, 6) is -1.08. The van der Waals surface area contributed by atoms with E-state index in [1.807, 2.05) is 0 Å². The lowest BCUT2D eigenvalue weighted by molar-refractivity contribution is -0.119. The molecule has 1 atom stereocenters. The van der Waals surface area contributed by atoms with Crippen molar-refractivity contribution < 1.29 is 14.7 Å². The van der Waals surface area contributed by atoms with Gasteiger partial charge in [0.1, 0.15) is 0 Å². The number of carboxylic acid groups (broad SMARTS) is 1. The Morgan fingerprint density at radius 2 is 2.17 bits per heavy atom. The number of nitrogens with two attached hydrogens (primary N) is 1. The van der Waals surface area contributed by atoms with Gasteiger partial charge in [-0.1, -0.05) is 0 Å². The number of hydrogen-bond donors (Lipinski definition) is 2. The van der Waals surface area contributed by atoms with Crippen LogP contribution in [-0.2, 0) is 11.2 Å². The number of carbonyl (C=O) groups is 2. The maximum Gasteiger partial charge on any atom is 0.335 e. The van der Waals surface area contributed by atoms with Crippen molar-refractivity contribution in [3.8, 4) is 0 Å². The van der Waals surface area contributed by atoms with E-state index in [0.717, 1.165) is 24.1 Å². The lowest BCUT2D eigenvalue weighted by Crippen LogP contribution is -2.44. The molecule has 0 spiro atoms. The van der Waals surface area contributed by atoms with E-state index in [9.17, 15) is 9.59 Å². The summed E-state index contributed by atoms with van der Waals surface area (Å²) in [5.41, 5.74) is 7.55. The Morgan fingerprint density at radius 1 is 1.44 bits per heavy atom. The first-order valence-electron chi connectivity index (χ1n) is 5.94. The van der Waals surface area contributed by atoms with Gasteiger partial charge in [0, 0.05) is 12.2 Å². The zero-order valence-corrected chi connectivity index (χ0v) is 10.2. The Balaban J connectivity index is 2.39. The van der Waals surface area contributed by atoms with E-state index < -0.39 is 12.0 Å². The van der Waals surface area contributed by atoms with Gasteiger partial charge in [0.15, 0.2) is 0 Å². The summed E-state index contributed by atoms with van der Waals surface area (Å²) in [6.45, 7) is 2.29. The van der Waals surface area contributed by atoms with Gasteiger partial charge >= 0.3 is 5.97 Å². The van der Waals surface area contributed by atoms with Crippen molar-refractivity contribution in [3.05, 3.63) is 29.3 Å². The van der Waals surface area contributed by atoms with E-state index in [2.05, 4.69) is 0 Å². The highest BCUT2D eigenvalue weighted by atomic mass is 16.4. The number of aromatic carboxylic acids is 1. The van der Waals surface area contributed by atoms with Gasteiger partial charge in [0.05, 0.1) is 11.6 Å². The van der Waals surface area contributed by atoms with Crippen LogP contribution in [0.5, 0.6) is 0 Å². The molecule has 1 aromatic rings. The molecule has 5 nitrogen and oxygen atoms in total. The summed E-state index contributed by atoms with van der Waals surface area (Å²) in [5, 5.41) is 8.95. The van der Waals surface area contributed by atoms with Gasteiger partial charge in [-0.05, 0) is 43.5 Å². The van der Waals surface area contributed by atoms with Crippen molar-refractivity contribution >= 4 is 17.6 Å². The van der Waals surface area contributed by atoms with E-state index in [-0.39, 0.29) is 11.5 Å². The topological polar surface area (TPSA) is 83.6 Å². The second-order valence-electron chi connectivity index (χ2n) is 4.53. The highest BCUT2D eigenvalue weighted by Crippen LogP contribution is 2.28. The van der Waals surface area contributed by atoms with Gasteiger partial charge in [-0.3, -0.25) is 4.79 Å². The minimum atomic E-state index is -0.951. The van der Waals surface area contributed by atoms with Crippen LogP contribution in [0.15, 0.2) is 18.2 Å². The molecule has 0 aliphatic carbocycles. The van der Waals surface area contributed by atoms with Gasteiger partial charge in [0.25, 0.3) is 0 Å². The van der Waals surface area contributed by atoms with Crippen molar-refractivity contribution in [2.24, 2.45) is 5.73 Å². The van der Waals surface area contributed by atoms with Gasteiger partial charge in [-0.25, -0.2) is 4.79 Å².